The van der Waals surface area contributed by atoms with Crippen molar-refractivity contribution in [3.05, 3.63) is 24.3 Å². The van der Waals surface area contributed by atoms with Gasteiger partial charge in [0.05, 0.1) is 10.6 Å². The fourth-order valence-corrected chi connectivity index (χ4v) is 2.43. The van der Waals surface area contributed by atoms with Gasteiger partial charge >= 0.3 is 5.76 Å². The van der Waals surface area contributed by atoms with Gasteiger partial charge in [-0.15, -0.1) is 0 Å². The summed E-state index contributed by atoms with van der Waals surface area (Å²) in [5.41, 5.74) is 0.271. The number of hydrogen-bond donors (Lipinski definition) is 1. The first-order chi connectivity index (χ1) is 9.06. The van der Waals surface area contributed by atoms with E-state index in [1.807, 2.05) is 6.92 Å². The molecule has 3 nitrogen and oxygen atoms in total. The third-order valence-electron chi connectivity index (χ3n) is 3.51. The minimum Gasteiger partial charge on any atom is -0.384 e. The van der Waals surface area contributed by atoms with Crippen molar-refractivity contribution in [2.75, 3.05) is 11.9 Å². The van der Waals surface area contributed by atoms with Gasteiger partial charge in [0.15, 0.2) is 0 Å². The van der Waals surface area contributed by atoms with Gasteiger partial charge in [0.1, 0.15) is 0 Å². The maximum atomic E-state index is 12.7. The first-order valence-electron chi connectivity index (χ1n) is 6.41. The maximum Gasteiger partial charge on any atom is 0.341 e. The van der Waals surface area contributed by atoms with Crippen LogP contribution in [0.3, 0.4) is 0 Å². The number of benzene rings is 1. The standard InChI is InChI=1S/C14H21F2NO2S/c1-10(14(2,3)4)9-17-11-7-5-6-8-12(11)20(18,19)13(15)16/h5-8,10,13,17H,9H2,1-4H3. The lowest BCUT2D eigenvalue weighted by Gasteiger charge is -2.28. The molecule has 0 saturated heterocycles. The molecule has 0 aliphatic carbocycles. The molecule has 1 N–H and O–H groups in total. The minimum atomic E-state index is -4.59. The van der Waals surface area contributed by atoms with Crippen LogP contribution in [0.2, 0.25) is 0 Å². The summed E-state index contributed by atoms with van der Waals surface area (Å²) in [6, 6.07) is 5.76. The van der Waals surface area contributed by atoms with Crippen LogP contribution in [0, 0.1) is 11.3 Å². The van der Waals surface area contributed by atoms with E-state index in [4.69, 9.17) is 0 Å². The van der Waals surface area contributed by atoms with Gasteiger partial charge in [0.25, 0.3) is 0 Å². The molecule has 1 aromatic rings. The first-order valence-corrected chi connectivity index (χ1v) is 7.96. The van der Waals surface area contributed by atoms with Gasteiger partial charge < -0.3 is 5.32 Å². The van der Waals surface area contributed by atoms with Crippen molar-refractivity contribution >= 4 is 15.5 Å². The van der Waals surface area contributed by atoms with E-state index in [9.17, 15) is 17.2 Å². The first kappa shape index (κ1) is 16.9. The van der Waals surface area contributed by atoms with Crippen molar-refractivity contribution in [2.45, 2.75) is 38.3 Å². The Morgan fingerprint density at radius 3 is 2.25 bits per heavy atom. The number of alkyl halides is 2. The average molecular weight is 305 g/mol. The van der Waals surface area contributed by atoms with Gasteiger partial charge in [-0.25, -0.2) is 8.42 Å². The van der Waals surface area contributed by atoms with Crippen LogP contribution in [0.1, 0.15) is 27.7 Å². The molecule has 0 amide bonds. The molecule has 1 rings (SSSR count). The van der Waals surface area contributed by atoms with Crippen LogP contribution in [0.15, 0.2) is 29.2 Å². The molecule has 0 spiro atoms. The van der Waals surface area contributed by atoms with Crippen LogP contribution in [0.4, 0.5) is 14.5 Å². The molecule has 0 aliphatic heterocycles. The molecule has 1 atom stereocenters. The fraction of sp³-hybridized carbons (Fsp3) is 0.571. The zero-order valence-corrected chi connectivity index (χ0v) is 13.0. The quantitative estimate of drug-likeness (QED) is 0.900. The van der Waals surface area contributed by atoms with Gasteiger partial charge in [-0.3, -0.25) is 0 Å². The Labute approximate surface area is 119 Å². The second kappa shape index (κ2) is 6.08. The van der Waals surface area contributed by atoms with Crippen LogP contribution in [-0.2, 0) is 9.84 Å². The lowest BCUT2D eigenvalue weighted by atomic mass is 9.82. The third-order valence-corrected chi connectivity index (χ3v) is 4.94. The van der Waals surface area contributed by atoms with Crippen LogP contribution in [-0.4, -0.2) is 20.7 Å². The van der Waals surface area contributed by atoms with Crippen molar-refractivity contribution in [1.29, 1.82) is 0 Å². The molecule has 0 bridgehead atoms. The topological polar surface area (TPSA) is 46.2 Å². The summed E-state index contributed by atoms with van der Waals surface area (Å²) in [7, 11) is -4.59. The molecule has 0 heterocycles. The van der Waals surface area contributed by atoms with E-state index in [1.165, 1.54) is 18.2 Å². The Morgan fingerprint density at radius 2 is 1.75 bits per heavy atom. The van der Waals surface area contributed by atoms with Crippen LogP contribution >= 0.6 is 0 Å². The molecular weight excluding hydrogens is 284 g/mol. The smallest absolute Gasteiger partial charge is 0.341 e. The highest BCUT2D eigenvalue weighted by Crippen LogP contribution is 2.29. The number of anilines is 1. The van der Waals surface area contributed by atoms with E-state index in [2.05, 4.69) is 26.1 Å². The number of nitrogens with one attached hydrogen (secondary N) is 1. The molecule has 6 heteroatoms. The summed E-state index contributed by atoms with van der Waals surface area (Å²) in [6.45, 7) is 8.75. The molecule has 1 unspecified atom stereocenters. The van der Waals surface area contributed by atoms with Gasteiger partial charge in [-0.1, -0.05) is 39.8 Å². The Bertz CT molecular complexity index is 551. The molecule has 1 aromatic carbocycles. The van der Waals surface area contributed by atoms with E-state index in [0.717, 1.165) is 0 Å². The molecule has 0 saturated carbocycles. The van der Waals surface area contributed by atoms with Crippen molar-refractivity contribution in [3.8, 4) is 0 Å². The zero-order valence-electron chi connectivity index (χ0n) is 12.2. The Hall–Kier alpha value is -1.17. The number of halogens is 2. The Balaban J connectivity index is 2.99. The highest BCUT2D eigenvalue weighted by Gasteiger charge is 2.29. The van der Waals surface area contributed by atoms with E-state index < -0.39 is 15.6 Å². The third kappa shape index (κ3) is 3.91. The van der Waals surface area contributed by atoms with Gasteiger partial charge in [0, 0.05) is 6.54 Å². The largest absolute Gasteiger partial charge is 0.384 e. The van der Waals surface area contributed by atoms with E-state index in [0.29, 0.717) is 6.54 Å². The fourth-order valence-electron chi connectivity index (χ4n) is 1.53. The molecular formula is C14H21F2NO2S. The van der Waals surface area contributed by atoms with Crippen LogP contribution in [0.5, 0.6) is 0 Å². The second-order valence-corrected chi connectivity index (χ2v) is 7.84. The predicted octanol–water partition coefficient (Wildman–Crippen LogP) is 3.78. The zero-order chi connectivity index (χ0) is 15.6. The normalized spacial score (nSPS) is 14.3. The highest BCUT2D eigenvalue weighted by atomic mass is 32.2. The summed E-state index contributed by atoms with van der Waals surface area (Å²) in [5, 5.41) is 2.97. The van der Waals surface area contributed by atoms with Crippen molar-refractivity contribution in [1.82, 2.24) is 0 Å². The van der Waals surface area contributed by atoms with Crippen molar-refractivity contribution < 1.29 is 17.2 Å². The lowest BCUT2D eigenvalue weighted by Crippen LogP contribution is -2.25. The lowest BCUT2D eigenvalue weighted by molar-refractivity contribution is 0.235. The Morgan fingerprint density at radius 1 is 1.20 bits per heavy atom. The average Bonchev–Trinajstić information content (AvgIpc) is 2.34. The van der Waals surface area contributed by atoms with Crippen LogP contribution < -0.4 is 5.32 Å². The molecule has 0 radical (unpaired) electrons. The monoisotopic (exact) mass is 305 g/mol. The molecule has 114 valence electrons. The SMILES string of the molecule is CC(CNc1ccccc1S(=O)(=O)C(F)F)C(C)(C)C. The van der Waals surface area contributed by atoms with Gasteiger partial charge in [-0.05, 0) is 23.5 Å². The minimum absolute atomic E-state index is 0.0452. The van der Waals surface area contributed by atoms with E-state index >= 15 is 0 Å². The summed E-state index contributed by atoms with van der Waals surface area (Å²) in [4.78, 5) is -0.351. The van der Waals surface area contributed by atoms with Crippen molar-refractivity contribution in [2.24, 2.45) is 11.3 Å². The van der Waals surface area contributed by atoms with E-state index in [1.54, 1.807) is 6.07 Å². The summed E-state index contributed by atoms with van der Waals surface area (Å²) in [5.74, 6) is -3.16. The van der Waals surface area contributed by atoms with Crippen LogP contribution in [0.25, 0.3) is 0 Å². The molecule has 0 fully saturated rings. The maximum absolute atomic E-state index is 12.7. The Kier molecular flexibility index (Phi) is 5.13. The highest BCUT2D eigenvalue weighted by molar-refractivity contribution is 7.91. The molecule has 0 aromatic heterocycles. The molecule has 0 aliphatic rings. The summed E-state index contributed by atoms with van der Waals surface area (Å²) >= 11 is 0. The summed E-state index contributed by atoms with van der Waals surface area (Å²) in [6.07, 6.45) is 0. The molecule has 20 heavy (non-hydrogen) atoms. The van der Waals surface area contributed by atoms with Gasteiger partial charge in [0.2, 0.25) is 9.84 Å². The van der Waals surface area contributed by atoms with E-state index in [-0.39, 0.29) is 21.9 Å². The number of para-hydroxylation sites is 1. The summed E-state index contributed by atoms with van der Waals surface area (Å²) < 4.78 is 48.5. The number of hydrogen-bond acceptors (Lipinski definition) is 3. The van der Waals surface area contributed by atoms with Gasteiger partial charge in [-0.2, -0.15) is 8.78 Å². The van der Waals surface area contributed by atoms with Crippen molar-refractivity contribution in [3.63, 3.8) is 0 Å². The number of sulfone groups is 1. The predicted molar refractivity (Wildman–Crippen MR) is 76.7 cm³/mol. The second-order valence-electron chi connectivity index (χ2n) is 5.95. The number of rotatable bonds is 5.